The Morgan fingerprint density at radius 1 is 0.923 bits per heavy atom. The Labute approximate surface area is 152 Å². The highest BCUT2D eigenvalue weighted by Crippen LogP contribution is 2.21. The number of benzene rings is 2. The van der Waals surface area contributed by atoms with Crippen LogP contribution in [-0.4, -0.2) is 32.3 Å². The molecule has 0 spiro atoms. The molecule has 2 aromatic carbocycles. The van der Waals surface area contributed by atoms with E-state index in [-0.39, 0.29) is 9.92 Å². The first-order valence-electron chi connectivity index (χ1n) is 8.10. The lowest BCUT2D eigenvalue weighted by molar-refractivity contribution is 0.414. The van der Waals surface area contributed by atoms with Crippen molar-refractivity contribution < 1.29 is 13.2 Å². The zero-order valence-corrected chi connectivity index (χ0v) is 15.1. The molecule has 1 N–H and O–H groups in total. The van der Waals surface area contributed by atoms with Crippen molar-refractivity contribution >= 4 is 15.7 Å². The van der Waals surface area contributed by atoms with Gasteiger partial charge in [0, 0.05) is 6.54 Å². The molecule has 0 aliphatic heterocycles. The molecular formula is C19H19N3O3S. The van der Waals surface area contributed by atoms with Gasteiger partial charge in [0.25, 0.3) is 0 Å². The van der Waals surface area contributed by atoms with Crippen molar-refractivity contribution in [2.24, 2.45) is 0 Å². The molecule has 1 heterocycles. The highest BCUT2D eigenvalue weighted by atomic mass is 32.2. The first kappa shape index (κ1) is 17.9. The fourth-order valence-electron chi connectivity index (χ4n) is 2.41. The molecule has 3 rings (SSSR count). The summed E-state index contributed by atoms with van der Waals surface area (Å²) in [5, 5.41) is 10.9. The molecule has 26 heavy (non-hydrogen) atoms. The van der Waals surface area contributed by atoms with Crippen LogP contribution in [0.5, 0.6) is 5.75 Å². The lowest BCUT2D eigenvalue weighted by Crippen LogP contribution is -2.09. The molecule has 3 aromatic rings. The van der Waals surface area contributed by atoms with Gasteiger partial charge in [0.15, 0.2) is 5.03 Å². The number of nitrogens with zero attached hydrogens (tertiary/aromatic N) is 2. The summed E-state index contributed by atoms with van der Waals surface area (Å²) < 4.78 is 30.2. The summed E-state index contributed by atoms with van der Waals surface area (Å²) in [6, 6.07) is 19.3. The van der Waals surface area contributed by atoms with Crippen LogP contribution in [0.25, 0.3) is 0 Å². The maximum atomic E-state index is 12.6. The Morgan fingerprint density at radius 2 is 1.65 bits per heavy atom. The predicted molar refractivity (Wildman–Crippen MR) is 99.1 cm³/mol. The number of hydrogen-bond donors (Lipinski definition) is 1. The average Bonchev–Trinajstić information content (AvgIpc) is 2.69. The number of hydrogen-bond acceptors (Lipinski definition) is 6. The van der Waals surface area contributed by atoms with E-state index < -0.39 is 9.84 Å². The maximum Gasteiger partial charge on any atom is 0.225 e. The van der Waals surface area contributed by atoms with E-state index in [2.05, 4.69) is 27.6 Å². The van der Waals surface area contributed by atoms with Crippen LogP contribution in [-0.2, 0) is 16.3 Å². The molecule has 0 aliphatic rings. The van der Waals surface area contributed by atoms with E-state index in [0.717, 1.165) is 6.42 Å². The zero-order chi connectivity index (χ0) is 18.4. The largest absolute Gasteiger partial charge is 0.497 e. The number of nitrogens with one attached hydrogen (secondary N) is 1. The molecule has 0 bridgehead atoms. The molecule has 1 aromatic heterocycles. The molecule has 0 fully saturated rings. The van der Waals surface area contributed by atoms with Crippen molar-refractivity contribution in [3.8, 4) is 5.75 Å². The second-order valence-electron chi connectivity index (χ2n) is 5.60. The average molecular weight is 369 g/mol. The monoisotopic (exact) mass is 369 g/mol. The molecule has 0 atom stereocenters. The van der Waals surface area contributed by atoms with Crippen molar-refractivity contribution in [2.75, 3.05) is 19.0 Å². The first-order chi connectivity index (χ1) is 12.6. The Balaban J connectivity index is 1.66. The molecular weight excluding hydrogens is 350 g/mol. The summed E-state index contributed by atoms with van der Waals surface area (Å²) in [6.07, 6.45) is 0.842. The highest BCUT2D eigenvalue weighted by Gasteiger charge is 2.19. The molecule has 0 amide bonds. The first-order valence-corrected chi connectivity index (χ1v) is 9.58. The van der Waals surface area contributed by atoms with Gasteiger partial charge in [0.2, 0.25) is 9.84 Å². The van der Waals surface area contributed by atoms with Crippen LogP contribution in [0.3, 0.4) is 0 Å². The summed E-state index contributed by atoms with van der Waals surface area (Å²) >= 11 is 0. The van der Waals surface area contributed by atoms with E-state index in [1.54, 1.807) is 18.2 Å². The fraction of sp³-hybridized carbons (Fsp3) is 0.158. The van der Waals surface area contributed by atoms with Gasteiger partial charge in [-0.1, -0.05) is 30.3 Å². The Morgan fingerprint density at radius 3 is 2.27 bits per heavy atom. The number of ether oxygens (including phenoxy) is 1. The van der Waals surface area contributed by atoms with Gasteiger partial charge in [-0.3, -0.25) is 0 Å². The molecule has 0 aliphatic carbocycles. The summed E-state index contributed by atoms with van der Waals surface area (Å²) in [5.74, 6) is 1.13. The normalized spacial score (nSPS) is 11.1. The maximum absolute atomic E-state index is 12.6. The molecule has 0 radical (unpaired) electrons. The van der Waals surface area contributed by atoms with Gasteiger partial charge >= 0.3 is 0 Å². The van der Waals surface area contributed by atoms with Gasteiger partial charge in [0.05, 0.1) is 12.0 Å². The van der Waals surface area contributed by atoms with Crippen LogP contribution in [0.15, 0.2) is 76.7 Å². The predicted octanol–water partition coefficient (Wildman–Crippen LogP) is 2.97. The van der Waals surface area contributed by atoms with Crippen molar-refractivity contribution in [3.05, 3.63) is 72.3 Å². The summed E-state index contributed by atoms with van der Waals surface area (Å²) in [7, 11) is -2.17. The minimum absolute atomic E-state index is 0.0868. The van der Waals surface area contributed by atoms with Crippen LogP contribution >= 0.6 is 0 Å². The number of anilines is 1. The third kappa shape index (κ3) is 4.18. The van der Waals surface area contributed by atoms with E-state index >= 15 is 0 Å². The lowest BCUT2D eigenvalue weighted by atomic mass is 10.1. The zero-order valence-electron chi connectivity index (χ0n) is 14.3. The molecule has 7 heteroatoms. The number of rotatable bonds is 7. The standard InChI is InChI=1S/C19H19N3O3S/c1-25-16-7-9-17(10-8-16)26(23,24)19-12-11-18(21-22-19)20-14-13-15-5-3-2-4-6-15/h2-12H,13-14H2,1H3,(H,20,21). The van der Waals surface area contributed by atoms with Crippen LogP contribution in [0.2, 0.25) is 0 Å². The van der Waals surface area contributed by atoms with Crippen LogP contribution in [0.1, 0.15) is 5.56 Å². The van der Waals surface area contributed by atoms with Gasteiger partial charge in [-0.25, -0.2) is 8.42 Å². The second kappa shape index (κ2) is 7.97. The molecule has 0 saturated heterocycles. The minimum Gasteiger partial charge on any atom is -0.497 e. The van der Waals surface area contributed by atoms with E-state index in [4.69, 9.17) is 4.74 Å². The van der Waals surface area contributed by atoms with Gasteiger partial charge in [-0.2, -0.15) is 0 Å². The van der Waals surface area contributed by atoms with E-state index in [1.807, 2.05) is 18.2 Å². The number of sulfone groups is 1. The van der Waals surface area contributed by atoms with Crippen molar-refractivity contribution in [1.82, 2.24) is 10.2 Å². The Kier molecular flexibility index (Phi) is 5.48. The molecule has 0 saturated carbocycles. The van der Waals surface area contributed by atoms with Gasteiger partial charge in [0.1, 0.15) is 11.6 Å². The summed E-state index contributed by atoms with van der Waals surface area (Å²) in [6.45, 7) is 0.684. The van der Waals surface area contributed by atoms with Gasteiger partial charge in [-0.15, -0.1) is 10.2 Å². The second-order valence-corrected chi connectivity index (χ2v) is 7.49. The number of methoxy groups -OCH3 is 1. The Bertz CT molecular complexity index is 942. The molecule has 0 unspecified atom stereocenters. The Hall–Kier alpha value is -2.93. The van der Waals surface area contributed by atoms with Gasteiger partial charge in [-0.05, 0) is 48.4 Å². The SMILES string of the molecule is COc1ccc(S(=O)(=O)c2ccc(NCCc3ccccc3)nn2)cc1. The highest BCUT2D eigenvalue weighted by molar-refractivity contribution is 7.91. The van der Waals surface area contributed by atoms with Crippen molar-refractivity contribution in [3.63, 3.8) is 0 Å². The topological polar surface area (TPSA) is 81.2 Å². The quantitative estimate of drug-likeness (QED) is 0.690. The fourth-order valence-corrected chi connectivity index (χ4v) is 3.54. The van der Waals surface area contributed by atoms with Crippen molar-refractivity contribution in [1.29, 1.82) is 0 Å². The molecule has 6 nitrogen and oxygen atoms in total. The minimum atomic E-state index is -3.70. The summed E-state index contributed by atoms with van der Waals surface area (Å²) in [5.41, 5.74) is 1.21. The lowest BCUT2D eigenvalue weighted by Gasteiger charge is -2.07. The van der Waals surface area contributed by atoms with Crippen LogP contribution in [0, 0.1) is 0 Å². The van der Waals surface area contributed by atoms with Crippen LogP contribution in [0.4, 0.5) is 5.82 Å². The van der Waals surface area contributed by atoms with E-state index in [1.165, 1.54) is 30.9 Å². The molecule has 134 valence electrons. The van der Waals surface area contributed by atoms with Crippen LogP contribution < -0.4 is 10.1 Å². The van der Waals surface area contributed by atoms with E-state index in [0.29, 0.717) is 18.1 Å². The van der Waals surface area contributed by atoms with E-state index in [9.17, 15) is 8.42 Å². The summed E-state index contributed by atoms with van der Waals surface area (Å²) in [4.78, 5) is 0.150. The van der Waals surface area contributed by atoms with Gasteiger partial charge < -0.3 is 10.1 Å². The van der Waals surface area contributed by atoms with Crippen molar-refractivity contribution in [2.45, 2.75) is 16.3 Å². The number of aromatic nitrogens is 2. The smallest absolute Gasteiger partial charge is 0.225 e. The third-order valence-electron chi connectivity index (χ3n) is 3.85. The third-order valence-corrected chi connectivity index (χ3v) is 5.51.